The van der Waals surface area contributed by atoms with Crippen molar-refractivity contribution in [3.05, 3.63) is 63.1 Å². The number of carbonyl (C=O) groups is 1. The fourth-order valence-corrected chi connectivity index (χ4v) is 3.72. The molecule has 0 unspecified atom stereocenters. The maximum atomic E-state index is 11.9. The summed E-state index contributed by atoms with van der Waals surface area (Å²) in [6.45, 7) is 5.02. The Morgan fingerprint density at radius 3 is 2.52 bits per heavy atom. The van der Waals surface area contributed by atoms with Gasteiger partial charge in [-0.15, -0.1) is 11.8 Å². The van der Waals surface area contributed by atoms with Gasteiger partial charge in [-0.2, -0.15) is 0 Å². The van der Waals surface area contributed by atoms with E-state index in [-0.39, 0.29) is 5.91 Å². The van der Waals surface area contributed by atoms with Crippen molar-refractivity contribution < 1.29 is 9.53 Å². The van der Waals surface area contributed by atoms with E-state index in [0.717, 1.165) is 11.3 Å². The SMILES string of the molecule is Cc1ccc(OCCNC(=O)CSCc2c(Cl)cccc2Cl)cc1C. The minimum Gasteiger partial charge on any atom is -0.492 e. The lowest BCUT2D eigenvalue weighted by molar-refractivity contribution is -0.118. The molecule has 0 aliphatic heterocycles. The number of rotatable bonds is 8. The number of halogens is 2. The van der Waals surface area contributed by atoms with Crippen molar-refractivity contribution >= 4 is 40.9 Å². The molecule has 0 spiro atoms. The highest BCUT2D eigenvalue weighted by molar-refractivity contribution is 7.99. The summed E-state index contributed by atoms with van der Waals surface area (Å²) in [7, 11) is 0. The molecule has 0 heterocycles. The van der Waals surface area contributed by atoms with Gasteiger partial charge in [0.15, 0.2) is 0 Å². The number of hydrogen-bond acceptors (Lipinski definition) is 3. The largest absolute Gasteiger partial charge is 0.492 e. The van der Waals surface area contributed by atoms with Gasteiger partial charge >= 0.3 is 0 Å². The topological polar surface area (TPSA) is 38.3 Å². The van der Waals surface area contributed by atoms with Gasteiger partial charge < -0.3 is 10.1 Å². The molecule has 0 bridgehead atoms. The monoisotopic (exact) mass is 397 g/mol. The molecule has 2 aromatic carbocycles. The van der Waals surface area contributed by atoms with E-state index in [9.17, 15) is 4.79 Å². The highest BCUT2D eigenvalue weighted by Gasteiger charge is 2.07. The third-order valence-corrected chi connectivity index (χ3v) is 5.38. The number of hydrogen-bond donors (Lipinski definition) is 1. The highest BCUT2D eigenvalue weighted by Crippen LogP contribution is 2.28. The summed E-state index contributed by atoms with van der Waals surface area (Å²) in [5, 5.41) is 4.10. The smallest absolute Gasteiger partial charge is 0.230 e. The Morgan fingerprint density at radius 1 is 1.12 bits per heavy atom. The molecule has 25 heavy (non-hydrogen) atoms. The van der Waals surface area contributed by atoms with Crippen LogP contribution in [0.25, 0.3) is 0 Å². The van der Waals surface area contributed by atoms with Crippen LogP contribution >= 0.6 is 35.0 Å². The molecular formula is C19H21Cl2NO2S. The Kier molecular flexibility index (Phi) is 7.94. The molecule has 0 aliphatic carbocycles. The summed E-state index contributed by atoms with van der Waals surface area (Å²) >= 11 is 13.7. The molecule has 0 fully saturated rings. The lowest BCUT2D eigenvalue weighted by atomic mass is 10.1. The van der Waals surface area contributed by atoms with Crippen molar-refractivity contribution in [1.29, 1.82) is 0 Å². The van der Waals surface area contributed by atoms with Crippen molar-refractivity contribution in [1.82, 2.24) is 5.32 Å². The van der Waals surface area contributed by atoms with Gasteiger partial charge in [0.25, 0.3) is 0 Å². The Balaban J connectivity index is 1.65. The molecule has 1 amide bonds. The molecule has 0 radical (unpaired) electrons. The third kappa shape index (κ3) is 6.46. The molecule has 0 saturated heterocycles. The van der Waals surface area contributed by atoms with E-state index in [4.69, 9.17) is 27.9 Å². The second-order valence-corrected chi connectivity index (χ2v) is 7.44. The van der Waals surface area contributed by atoms with Crippen LogP contribution in [0.15, 0.2) is 36.4 Å². The van der Waals surface area contributed by atoms with Crippen molar-refractivity contribution in [3.63, 3.8) is 0 Å². The van der Waals surface area contributed by atoms with Crippen molar-refractivity contribution in [2.24, 2.45) is 0 Å². The average molecular weight is 398 g/mol. The Bertz CT molecular complexity index is 717. The fourth-order valence-electron chi connectivity index (χ4n) is 2.13. The highest BCUT2D eigenvalue weighted by atomic mass is 35.5. The van der Waals surface area contributed by atoms with Crippen LogP contribution in [0, 0.1) is 13.8 Å². The van der Waals surface area contributed by atoms with Gasteiger partial charge in [0.2, 0.25) is 5.91 Å². The predicted octanol–water partition coefficient (Wildman–Crippen LogP) is 5.04. The number of nitrogens with one attached hydrogen (secondary N) is 1. The summed E-state index contributed by atoms with van der Waals surface area (Å²) in [5.74, 6) is 1.74. The van der Waals surface area contributed by atoms with E-state index in [1.165, 1.54) is 22.9 Å². The van der Waals surface area contributed by atoms with Crippen LogP contribution in [-0.4, -0.2) is 24.8 Å². The summed E-state index contributed by atoms with van der Waals surface area (Å²) in [4.78, 5) is 11.9. The molecule has 6 heteroatoms. The fraction of sp³-hybridized carbons (Fsp3) is 0.316. The van der Waals surface area contributed by atoms with Crippen LogP contribution in [0.2, 0.25) is 10.0 Å². The van der Waals surface area contributed by atoms with Crippen molar-refractivity contribution in [2.45, 2.75) is 19.6 Å². The maximum Gasteiger partial charge on any atom is 0.230 e. The normalized spacial score (nSPS) is 10.6. The van der Waals surface area contributed by atoms with E-state index < -0.39 is 0 Å². The van der Waals surface area contributed by atoms with Crippen LogP contribution in [0.1, 0.15) is 16.7 Å². The van der Waals surface area contributed by atoms with E-state index in [0.29, 0.717) is 34.7 Å². The lowest BCUT2D eigenvalue weighted by Crippen LogP contribution is -2.29. The molecule has 0 saturated carbocycles. The number of ether oxygens (including phenoxy) is 1. The number of thioether (sulfide) groups is 1. The number of benzene rings is 2. The lowest BCUT2D eigenvalue weighted by Gasteiger charge is -2.10. The molecular weight excluding hydrogens is 377 g/mol. The van der Waals surface area contributed by atoms with Crippen molar-refractivity contribution in [3.8, 4) is 5.75 Å². The van der Waals surface area contributed by atoms with Gasteiger partial charge in [-0.05, 0) is 54.8 Å². The predicted molar refractivity (Wildman–Crippen MR) is 107 cm³/mol. The molecule has 134 valence electrons. The first kappa shape index (κ1) is 20.0. The second kappa shape index (κ2) is 9.95. The summed E-state index contributed by atoms with van der Waals surface area (Å²) in [5.41, 5.74) is 3.29. The average Bonchev–Trinajstić information content (AvgIpc) is 2.57. The zero-order valence-corrected chi connectivity index (χ0v) is 16.6. The summed E-state index contributed by atoms with van der Waals surface area (Å²) in [6.07, 6.45) is 0. The van der Waals surface area contributed by atoms with Crippen LogP contribution < -0.4 is 10.1 Å². The van der Waals surface area contributed by atoms with Gasteiger partial charge in [-0.25, -0.2) is 0 Å². The first-order valence-electron chi connectivity index (χ1n) is 7.94. The molecule has 2 rings (SSSR count). The number of carbonyl (C=O) groups excluding carboxylic acids is 1. The van der Waals surface area contributed by atoms with Gasteiger partial charge in [0, 0.05) is 15.8 Å². The van der Waals surface area contributed by atoms with E-state index >= 15 is 0 Å². The standard InChI is InChI=1S/C19H21Cl2NO2S/c1-13-6-7-15(10-14(13)2)24-9-8-22-19(23)12-25-11-16-17(20)4-3-5-18(16)21/h3-7,10H,8-9,11-12H2,1-2H3,(H,22,23). The molecule has 0 aromatic heterocycles. The summed E-state index contributed by atoms with van der Waals surface area (Å²) in [6, 6.07) is 11.4. The van der Waals surface area contributed by atoms with Gasteiger partial charge in [-0.1, -0.05) is 35.3 Å². The second-order valence-electron chi connectivity index (χ2n) is 5.64. The van der Waals surface area contributed by atoms with Crippen LogP contribution in [-0.2, 0) is 10.5 Å². The van der Waals surface area contributed by atoms with E-state index in [1.54, 1.807) is 18.2 Å². The molecule has 0 aliphatic rings. The van der Waals surface area contributed by atoms with E-state index in [1.807, 2.05) is 25.1 Å². The first-order chi connectivity index (χ1) is 12.0. The van der Waals surface area contributed by atoms with Crippen LogP contribution in [0.4, 0.5) is 0 Å². The molecule has 3 nitrogen and oxygen atoms in total. The molecule has 0 atom stereocenters. The molecule has 2 aromatic rings. The zero-order valence-electron chi connectivity index (χ0n) is 14.3. The van der Waals surface area contributed by atoms with E-state index in [2.05, 4.69) is 12.2 Å². The zero-order chi connectivity index (χ0) is 18.2. The van der Waals surface area contributed by atoms with Gasteiger partial charge in [-0.3, -0.25) is 4.79 Å². The Morgan fingerprint density at radius 2 is 1.84 bits per heavy atom. The number of amides is 1. The van der Waals surface area contributed by atoms with Crippen LogP contribution in [0.3, 0.4) is 0 Å². The minimum absolute atomic E-state index is 0.0307. The summed E-state index contributed by atoms with van der Waals surface area (Å²) < 4.78 is 5.64. The molecule has 1 N–H and O–H groups in total. The quantitative estimate of drug-likeness (QED) is 0.634. The van der Waals surface area contributed by atoms with Gasteiger partial charge in [0.1, 0.15) is 12.4 Å². The van der Waals surface area contributed by atoms with Gasteiger partial charge in [0.05, 0.1) is 12.3 Å². The Hall–Kier alpha value is -1.36. The maximum absolute atomic E-state index is 11.9. The third-order valence-electron chi connectivity index (χ3n) is 3.71. The number of aryl methyl sites for hydroxylation is 2. The van der Waals surface area contributed by atoms with Crippen molar-refractivity contribution in [2.75, 3.05) is 18.9 Å². The van der Waals surface area contributed by atoms with Crippen LogP contribution in [0.5, 0.6) is 5.75 Å². The minimum atomic E-state index is -0.0307. The Labute approximate surface area is 163 Å². The first-order valence-corrected chi connectivity index (χ1v) is 9.86.